The number of rotatable bonds is 1. The van der Waals surface area contributed by atoms with Crippen molar-refractivity contribution < 1.29 is 26.3 Å². The molecule has 2 nitrogen and oxygen atoms in total. The van der Waals surface area contributed by atoms with E-state index in [0.717, 1.165) is 0 Å². The molecule has 0 atom stereocenters. The molecule has 0 N–H and O–H groups in total. The lowest BCUT2D eigenvalue weighted by Gasteiger charge is -2.13. The predicted octanol–water partition coefficient (Wildman–Crippen LogP) is 3.91. The molecule has 8 heteroatoms. The standard InChI is InChI=1S/C11H6F6N2/c12-10(13,14)8-6-18-19(9(8)11(15,16)17)7-4-2-1-3-5-7/h1-6H. The third kappa shape index (κ3) is 2.56. The number of hydrogen-bond acceptors (Lipinski definition) is 1. The van der Waals surface area contributed by atoms with Gasteiger partial charge in [-0.2, -0.15) is 31.4 Å². The fourth-order valence-electron chi connectivity index (χ4n) is 1.59. The molecule has 0 aliphatic rings. The van der Waals surface area contributed by atoms with Gasteiger partial charge in [-0.25, -0.2) is 4.68 Å². The van der Waals surface area contributed by atoms with Crippen LogP contribution in [0.3, 0.4) is 0 Å². The van der Waals surface area contributed by atoms with E-state index in [9.17, 15) is 26.3 Å². The first-order valence-corrected chi connectivity index (χ1v) is 4.99. The van der Waals surface area contributed by atoms with Gasteiger partial charge in [0.15, 0.2) is 5.69 Å². The van der Waals surface area contributed by atoms with Crippen molar-refractivity contribution in [3.05, 3.63) is 47.8 Å². The molecule has 1 aromatic carbocycles. The van der Waals surface area contributed by atoms with E-state index in [-0.39, 0.29) is 16.6 Å². The van der Waals surface area contributed by atoms with Gasteiger partial charge in [0.2, 0.25) is 0 Å². The molecule has 0 aliphatic carbocycles. The van der Waals surface area contributed by atoms with E-state index in [0.29, 0.717) is 0 Å². The Morgan fingerprint density at radius 3 is 1.89 bits per heavy atom. The van der Waals surface area contributed by atoms with Gasteiger partial charge in [0.25, 0.3) is 0 Å². The van der Waals surface area contributed by atoms with E-state index in [1.165, 1.54) is 30.3 Å². The third-order valence-corrected chi connectivity index (χ3v) is 2.34. The number of benzene rings is 1. The fraction of sp³-hybridized carbons (Fsp3) is 0.182. The zero-order valence-electron chi connectivity index (χ0n) is 9.13. The molecule has 0 unspecified atom stereocenters. The maximum Gasteiger partial charge on any atom is 0.434 e. The molecule has 0 saturated carbocycles. The summed E-state index contributed by atoms with van der Waals surface area (Å²) in [6, 6.07) is 6.82. The summed E-state index contributed by atoms with van der Waals surface area (Å²) in [6.45, 7) is 0. The van der Waals surface area contributed by atoms with Gasteiger partial charge in [-0.05, 0) is 12.1 Å². The first kappa shape index (κ1) is 13.4. The molecule has 0 aliphatic heterocycles. The van der Waals surface area contributed by atoms with Crippen molar-refractivity contribution in [2.24, 2.45) is 0 Å². The van der Waals surface area contributed by atoms with Crippen LogP contribution in [-0.2, 0) is 12.4 Å². The van der Waals surface area contributed by atoms with Gasteiger partial charge in [-0.1, -0.05) is 18.2 Å². The Kier molecular flexibility index (Phi) is 3.03. The fourth-order valence-corrected chi connectivity index (χ4v) is 1.59. The van der Waals surface area contributed by atoms with E-state index in [2.05, 4.69) is 5.10 Å². The van der Waals surface area contributed by atoms with E-state index >= 15 is 0 Å². The van der Waals surface area contributed by atoms with Crippen LogP contribution < -0.4 is 0 Å². The molecule has 102 valence electrons. The normalized spacial score (nSPS) is 12.7. The van der Waals surface area contributed by atoms with Crippen LogP contribution in [0.5, 0.6) is 0 Å². The lowest BCUT2D eigenvalue weighted by molar-refractivity contribution is -0.164. The molecule has 0 saturated heterocycles. The highest BCUT2D eigenvalue weighted by molar-refractivity contribution is 5.37. The van der Waals surface area contributed by atoms with Crippen molar-refractivity contribution in [1.29, 1.82) is 0 Å². The molecule has 0 spiro atoms. The van der Waals surface area contributed by atoms with Crippen LogP contribution in [0.2, 0.25) is 0 Å². The summed E-state index contributed by atoms with van der Waals surface area (Å²) < 4.78 is 76.3. The highest BCUT2D eigenvalue weighted by Gasteiger charge is 2.47. The van der Waals surface area contributed by atoms with Gasteiger partial charge in [0, 0.05) is 0 Å². The van der Waals surface area contributed by atoms with Crippen LogP contribution in [-0.4, -0.2) is 9.78 Å². The Bertz CT molecular complexity index is 567. The van der Waals surface area contributed by atoms with E-state index < -0.39 is 23.6 Å². The van der Waals surface area contributed by atoms with Crippen molar-refractivity contribution in [3.63, 3.8) is 0 Å². The second-order valence-corrected chi connectivity index (χ2v) is 3.65. The summed E-state index contributed by atoms with van der Waals surface area (Å²) in [5.74, 6) is 0. The average molecular weight is 280 g/mol. The van der Waals surface area contributed by atoms with E-state index in [1.54, 1.807) is 0 Å². The highest BCUT2D eigenvalue weighted by atomic mass is 19.4. The zero-order chi connectivity index (χ0) is 14.3. The molecule has 0 bridgehead atoms. The maximum absolute atomic E-state index is 12.8. The molecule has 0 amide bonds. The quantitative estimate of drug-likeness (QED) is 0.724. The Hall–Kier alpha value is -1.99. The number of halogens is 6. The molecule has 2 rings (SSSR count). The van der Waals surface area contributed by atoms with Gasteiger partial charge in [0.1, 0.15) is 5.56 Å². The van der Waals surface area contributed by atoms with Crippen molar-refractivity contribution >= 4 is 0 Å². The first-order valence-electron chi connectivity index (χ1n) is 4.99. The smallest absolute Gasteiger partial charge is 0.228 e. The lowest BCUT2D eigenvalue weighted by atomic mass is 10.2. The number of aromatic nitrogens is 2. The minimum absolute atomic E-state index is 0.0923. The maximum atomic E-state index is 12.8. The molecule has 1 heterocycles. The van der Waals surface area contributed by atoms with Crippen molar-refractivity contribution in [2.45, 2.75) is 12.4 Å². The summed E-state index contributed by atoms with van der Waals surface area (Å²) in [6.07, 6.45) is -10.1. The minimum Gasteiger partial charge on any atom is -0.228 e. The average Bonchev–Trinajstić information content (AvgIpc) is 2.74. The van der Waals surface area contributed by atoms with Crippen molar-refractivity contribution in [3.8, 4) is 5.69 Å². The van der Waals surface area contributed by atoms with Gasteiger partial charge in [-0.15, -0.1) is 0 Å². The van der Waals surface area contributed by atoms with Crippen LogP contribution in [0.1, 0.15) is 11.3 Å². The summed E-state index contributed by atoms with van der Waals surface area (Å²) in [5.41, 5.74) is -3.72. The Morgan fingerprint density at radius 1 is 0.842 bits per heavy atom. The monoisotopic (exact) mass is 280 g/mol. The number of nitrogens with zero attached hydrogens (tertiary/aromatic N) is 2. The summed E-state index contributed by atoms with van der Waals surface area (Å²) in [4.78, 5) is 0. The molecular formula is C11H6F6N2. The molecule has 0 radical (unpaired) electrons. The lowest BCUT2D eigenvalue weighted by Crippen LogP contribution is -2.19. The number of hydrogen-bond donors (Lipinski definition) is 0. The van der Waals surface area contributed by atoms with Crippen LogP contribution in [0.25, 0.3) is 5.69 Å². The minimum atomic E-state index is -5.16. The number of para-hydroxylation sites is 1. The Balaban J connectivity index is 2.68. The van der Waals surface area contributed by atoms with Crippen molar-refractivity contribution in [1.82, 2.24) is 9.78 Å². The highest BCUT2D eigenvalue weighted by Crippen LogP contribution is 2.40. The van der Waals surface area contributed by atoms with Crippen LogP contribution in [0.4, 0.5) is 26.3 Å². The SMILES string of the molecule is FC(F)(F)c1cnn(-c2ccccc2)c1C(F)(F)F. The molecule has 2 aromatic rings. The zero-order valence-corrected chi connectivity index (χ0v) is 9.13. The Labute approximate surface area is 103 Å². The second-order valence-electron chi connectivity index (χ2n) is 3.65. The van der Waals surface area contributed by atoms with E-state index in [4.69, 9.17) is 0 Å². The van der Waals surface area contributed by atoms with Gasteiger partial charge in [0.05, 0.1) is 11.9 Å². The van der Waals surface area contributed by atoms with E-state index in [1.807, 2.05) is 0 Å². The summed E-state index contributed by atoms with van der Waals surface area (Å²) >= 11 is 0. The Morgan fingerprint density at radius 2 is 1.42 bits per heavy atom. The van der Waals surface area contributed by atoms with Crippen LogP contribution in [0, 0.1) is 0 Å². The third-order valence-electron chi connectivity index (χ3n) is 2.34. The second kappa shape index (κ2) is 4.29. The molecular weight excluding hydrogens is 274 g/mol. The number of alkyl halides is 6. The predicted molar refractivity (Wildman–Crippen MR) is 53.6 cm³/mol. The largest absolute Gasteiger partial charge is 0.434 e. The van der Waals surface area contributed by atoms with Crippen molar-refractivity contribution in [2.75, 3.05) is 0 Å². The van der Waals surface area contributed by atoms with Crippen LogP contribution >= 0.6 is 0 Å². The topological polar surface area (TPSA) is 17.8 Å². The van der Waals surface area contributed by atoms with Gasteiger partial charge in [-0.3, -0.25) is 0 Å². The summed E-state index contributed by atoms with van der Waals surface area (Å²) in [7, 11) is 0. The molecule has 19 heavy (non-hydrogen) atoms. The molecule has 0 fully saturated rings. The molecule has 1 aromatic heterocycles. The first-order chi connectivity index (χ1) is 8.71. The van der Waals surface area contributed by atoms with Crippen LogP contribution in [0.15, 0.2) is 36.5 Å². The summed E-state index contributed by atoms with van der Waals surface area (Å²) in [5, 5.41) is 3.20. The van der Waals surface area contributed by atoms with Gasteiger partial charge >= 0.3 is 12.4 Å². The van der Waals surface area contributed by atoms with Gasteiger partial charge < -0.3 is 0 Å².